The minimum absolute atomic E-state index is 0.466. The van der Waals surface area contributed by atoms with Gasteiger partial charge in [-0.25, -0.2) is 4.98 Å². The van der Waals surface area contributed by atoms with E-state index in [1.807, 2.05) is 17.5 Å². The maximum Gasteiger partial charge on any atom is 0.132 e. The number of aromatic nitrogens is 1. The molecule has 0 unspecified atom stereocenters. The molecule has 0 saturated heterocycles. The molecule has 3 nitrogen and oxygen atoms in total. The molecular weight excluding hydrogens is 346 g/mol. The van der Waals surface area contributed by atoms with Gasteiger partial charge >= 0.3 is 0 Å². The van der Waals surface area contributed by atoms with Gasteiger partial charge < -0.3 is 10.2 Å². The van der Waals surface area contributed by atoms with E-state index in [-0.39, 0.29) is 0 Å². The number of nitrogens with one attached hydrogen (secondary N) is 1. The summed E-state index contributed by atoms with van der Waals surface area (Å²) in [6.07, 6.45) is 2.93. The van der Waals surface area contributed by atoms with Gasteiger partial charge in [0.2, 0.25) is 0 Å². The summed E-state index contributed by atoms with van der Waals surface area (Å²) in [6.45, 7) is 6.13. The number of thiophene rings is 1. The van der Waals surface area contributed by atoms with E-state index in [1.54, 1.807) is 0 Å². The van der Waals surface area contributed by atoms with Gasteiger partial charge in [-0.1, -0.05) is 19.9 Å². The van der Waals surface area contributed by atoms with Crippen molar-refractivity contribution in [3.8, 4) is 0 Å². The molecule has 0 atom stereocenters. The highest BCUT2D eigenvalue weighted by Crippen LogP contribution is 2.21. The molecule has 0 aliphatic heterocycles. The maximum atomic E-state index is 4.60. The van der Waals surface area contributed by atoms with Crippen molar-refractivity contribution >= 4 is 33.1 Å². The zero-order valence-electron chi connectivity index (χ0n) is 12.8. The van der Waals surface area contributed by atoms with Gasteiger partial charge in [0, 0.05) is 47.3 Å². The summed E-state index contributed by atoms with van der Waals surface area (Å²) in [4.78, 5) is 8.26. The van der Waals surface area contributed by atoms with Crippen molar-refractivity contribution in [1.29, 1.82) is 0 Å². The summed E-state index contributed by atoms with van der Waals surface area (Å²) in [7, 11) is 2.11. The lowest BCUT2D eigenvalue weighted by molar-refractivity contribution is 0.587. The molecule has 0 saturated carbocycles. The number of halogens is 1. The topological polar surface area (TPSA) is 28.2 Å². The molecule has 2 rings (SSSR count). The van der Waals surface area contributed by atoms with Gasteiger partial charge in [-0.05, 0) is 39.9 Å². The molecule has 5 heteroatoms. The van der Waals surface area contributed by atoms with E-state index >= 15 is 0 Å². The second-order valence-corrected chi connectivity index (χ2v) is 7.37. The molecule has 0 radical (unpaired) electrons. The Morgan fingerprint density at radius 3 is 2.90 bits per heavy atom. The zero-order chi connectivity index (χ0) is 15.2. The molecule has 21 heavy (non-hydrogen) atoms. The molecule has 0 bridgehead atoms. The van der Waals surface area contributed by atoms with Gasteiger partial charge in [-0.2, -0.15) is 0 Å². The van der Waals surface area contributed by atoms with E-state index < -0.39 is 0 Å². The van der Waals surface area contributed by atoms with Crippen LogP contribution in [-0.4, -0.2) is 24.6 Å². The number of likely N-dealkylation sites (N-methyl/N-ethyl adjacent to an activating group) is 1. The fourth-order valence-corrected chi connectivity index (χ4v) is 3.18. The molecule has 0 aromatic carbocycles. The van der Waals surface area contributed by atoms with Gasteiger partial charge in [0.05, 0.1) is 0 Å². The van der Waals surface area contributed by atoms with Crippen LogP contribution in [0.2, 0.25) is 0 Å². The molecule has 0 aliphatic carbocycles. The Bertz CT molecular complexity index is 555. The molecule has 0 amide bonds. The Hall–Kier alpha value is -0.910. The number of anilines is 1. The molecular formula is C16H22BrN3S. The van der Waals surface area contributed by atoms with Crippen molar-refractivity contribution in [2.75, 3.05) is 18.5 Å². The average molecular weight is 368 g/mol. The molecule has 114 valence electrons. The Morgan fingerprint density at radius 1 is 1.43 bits per heavy atom. The molecule has 0 spiro atoms. The first kappa shape index (κ1) is 16.5. The van der Waals surface area contributed by atoms with E-state index in [9.17, 15) is 0 Å². The van der Waals surface area contributed by atoms with Crippen molar-refractivity contribution in [3.63, 3.8) is 0 Å². The number of nitrogens with zero attached hydrogens (tertiary/aromatic N) is 2. The Balaban J connectivity index is 2.05. The SMILES string of the molecule is CC(C)NCc1cc(Br)cnc1N(C)CCc1cccs1. The number of rotatable bonds is 7. The van der Waals surface area contributed by atoms with Crippen molar-refractivity contribution < 1.29 is 0 Å². The highest BCUT2D eigenvalue weighted by atomic mass is 79.9. The minimum atomic E-state index is 0.466. The lowest BCUT2D eigenvalue weighted by atomic mass is 10.2. The van der Waals surface area contributed by atoms with Crippen LogP contribution in [0.25, 0.3) is 0 Å². The van der Waals surface area contributed by atoms with Crippen molar-refractivity contribution in [3.05, 3.63) is 44.7 Å². The van der Waals surface area contributed by atoms with E-state index in [0.29, 0.717) is 6.04 Å². The van der Waals surface area contributed by atoms with E-state index in [1.165, 1.54) is 10.4 Å². The predicted molar refractivity (Wildman–Crippen MR) is 95.2 cm³/mol. The lowest BCUT2D eigenvalue weighted by Gasteiger charge is -2.22. The second kappa shape index (κ2) is 7.92. The van der Waals surface area contributed by atoms with Gasteiger partial charge in [-0.15, -0.1) is 11.3 Å². The third kappa shape index (κ3) is 5.09. The van der Waals surface area contributed by atoms with Crippen molar-refractivity contribution in [2.45, 2.75) is 32.9 Å². The number of pyridine rings is 1. The fourth-order valence-electron chi connectivity index (χ4n) is 2.10. The molecule has 2 aromatic rings. The van der Waals surface area contributed by atoms with E-state index in [2.05, 4.69) is 75.6 Å². The van der Waals surface area contributed by atoms with Gasteiger partial charge in [-0.3, -0.25) is 0 Å². The van der Waals surface area contributed by atoms with Crippen molar-refractivity contribution in [1.82, 2.24) is 10.3 Å². The Labute approximate surface area is 139 Å². The highest BCUT2D eigenvalue weighted by Gasteiger charge is 2.10. The van der Waals surface area contributed by atoms with Crippen molar-refractivity contribution in [2.24, 2.45) is 0 Å². The van der Waals surface area contributed by atoms with Gasteiger partial charge in [0.25, 0.3) is 0 Å². The van der Waals surface area contributed by atoms with E-state index in [0.717, 1.165) is 29.8 Å². The predicted octanol–water partition coefficient (Wildman–Crippen LogP) is 4.08. The van der Waals surface area contributed by atoms with Crippen LogP contribution in [0.15, 0.2) is 34.2 Å². The van der Waals surface area contributed by atoms with Crippen LogP contribution < -0.4 is 10.2 Å². The monoisotopic (exact) mass is 367 g/mol. The maximum absolute atomic E-state index is 4.60. The number of hydrogen-bond donors (Lipinski definition) is 1. The summed E-state index contributed by atoms with van der Waals surface area (Å²) in [6, 6.07) is 6.91. The average Bonchev–Trinajstić information content (AvgIpc) is 2.96. The van der Waals surface area contributed by atoms with Crippen LogP contribution in [0.1, 0.15) is 24.3 Å². The zero-order valence-corrected chi connectivity index (χ0v) is 15.2. The molecule has 2 heterocycles. The summed E-state index contributed by atoms with van der Waals surface area (Å²) in [5.74, 6) is 1.06. The molecule has 2 aromatic heterocycles. The summed E-state index contributed by atoms with van der Waals surface area (Å²) >= 11 is 5.33. The summed E-state index contributed by atoms with van der Waals surface area (Å²) in [5.41, 5.74) is 1.23. The van der Waals surface area contributed by atoms with E-state index in [4.69, 9.17) is 0 Å². The minimum Gasteiger partial charge on any atom is -0.359 e. The standard InChI is InChI=1S/C16H22BrN3S/c1-12(2)18-10-13-9-14(17)11-19-16(13)20(3)7-6-15-5-4-8-21-15/h4-5,8-9,11-12,18H,6-7,10H2,1-3H3. The first-order valence-corrected chi connectivity index (χ1v) is 8.85. The van der Waals surface area contributed by atoms with Gasteiger partial charge in [0.1, 0.15) is 5.82 Å². The second-order valence-electron chi connectivity index (χ2n) is 5.42. The third-order valence-electron chi connectivity index (χ3n) is 3.25. The molecule has 0 aliphatic rings. The molecule has 1 N–H and O–H groups in total. The van der Waals surface area contributed by atoms with Crippen LogP contribution in [-0.2, 0) is 13.0 Å². The number of hydrogen-bond acceptors (Lipinski definition) is 4. The summed E-state index contributed by atoms with van der Waals surface area (Å²) < 4.78 is 1.03. The van der Waals surface area contributed by atoms with Crippen LogP contribution in [0.3, 0.4) is 0 Å². The first-order chi connectivity index (χ1) is 10.1. The smallest absolute Gasteiger partial charge is 0.132 e. The molecule has 0 fully saturated rings. The van der Waals surface area contributed by atoms with Crippen LogP contribution >= 0.6 is 27.3 Å². The van der Waals surface area contributed by atoms with Crippen LogP contribution in [0.5, 0.6) is 0 Å². The Kier molecular flexibility index (Phi) is 6.21. The van der Waals surface area contributed by atoms with Crippen LogP contribution in [0.4, 0.5) is 5.82 Å². The Morgan fingerprint density at radius 2 is 2.24 bits per heavy atom. The highest BCUT2D eigenvalue weighted by molar-refractivity contribution is 9.10. The lowest BCUT2D eigenvalue weighted by Crippen LogP contribution is -2.26. The first-order valence-electron chi connectivity index (χ1n) is 7.17. The fraction of sp³-hybridized carbons (Fsp3) is 0.438. The third-order valence-corrected chi connectivity index (χ3v) is 4.62. The largest absolute Gasteiger partial charge is 0.359 e. The van der Waals surface area contributed by atoms with Crippen LogP contribution in [0, 0.1) is 0 Å². The quantitative estimate of drug-likeness (QED) is 0.798. The van der Waals surface area contributed by atoms with Gasteiger partial charge in [0.15, 0.2) is 0 Å². The summed E-state index contributed by atoms with van der Waals surface area (Å²) in [5, 5.41) is 5.60. The normalized spacial score (nSPS) is 11.1.